The number of hydrogen-bond acceptors (Lipinski definition) is 6. The van der Waals surface area contributed by atoms with Crippen LogP contribution in [0.3, 0.4) is 0 Å². The zero-order chi connectivity index (χ0) is 22.1. The van der Waals surface area contributed by atoms with Gasteiger partial charge in [0.05, 0.1) is 34.1 Å². The number of imidazole rings is 1. The molecule has 1 N–H and O–H groups in total. The van der Waals surface area contributed by atoms with Crippen LogP contribution in [0.25, 0.3) is 33.7 Å². The van der Waals surface area contributed by atoms with E-state index in [1.807, 2.05) is 67.4 Å². The van der Waals surface area contributed by atoms with Crippen LogP contribution >= 0.6 is 0 Å². The van der Waals surface area contributed by atoms with Crippen LogP contribution in [0, 0.1) is 18.3 Å². The van der Waals surface area contributed by atoms with Gasteiger partial charge < -0.3 is 9.88 Å². The summed E-state index contributed by atoms with van der Waals surface area (Å²) in [6.45, 7) is 1.97. The third-order valence-electron chi connectivity index (χ3n) is 5.28. The molecule has 3 heterocycles. The molecule has 2 aromatic carbocycles. The summed E-state index contributed by atoms with van der Waals surface area (Å²) >= 11 is 0. The highest BCUT2D eigenvalue weighted by molar-refractivity contribution is 5.85. The lowest BCUT2D eigenvalue weighted by Crippen LogP contribution is -2.11. The first-order chi connectivity index (χ1) is 15.6. The third kappa shape index (κ3) is 3.55. The Hall–Kier alpha value is -4.57. The van der Waals surface area contributed by atoms with Crippen molar-refractivity contribution in [3.63, 3.8) is 0 Å². The first-order valence-corrected chi connectivity index (χ1v) is 10.1. The average Bonchev–Trinajstić information content (AvgIpc) is 3.29. The minimum Gasteiger partial charge on any atom is -0.322 e. The molecule has 0 aliphatic rings. The highest BCUT2D eigenvalue weighted by atomic mass is 15.2. The number of fused-ring (bicyclic) bond motifs is 1. The number of pyridine rings is 1. The molecule has 0 aliphatic carbocycles. The Labute approximate surface area is 185 Å². The van der Waals surface area contributed by atoms with Gasteiger partial charge in [-0.1, -0.05) is 12.1 Å². The molecule has 3 aromatic heterocycles. The predicted molar refractivity (Wildman–Crippen MR) is 124 cm³/mol. The Bertz CT molecular complexity index is 1460. The zero-order valence-electron chi connectivity index (χ0n) is 17.6. The van der Waals surface area contributed by atoms with Gasteiger partial charge in [0, 0.05) is 36.4 Å². The molecule has 0 spiro atoms. The molecule has 0 bridgehead atoms. The van der Waals surface area contributed by atoms with Crippen LogP contribution in [0.2, 0.25) is 0 Å². The molecule has 5 aromatic rings. The van der Waals surface area contributed by atoms with Gasteiger partial charge in [0.25, 0.3) is 0 Å². The minimum absolute atomic E-state index is 0.615. The summed E-state index contributed by atoms with van der Waals surface area (Å²) in [6.07, 6.45) is 3.37. The number of aryl methyl sites for hydroxylation is 1. The lowest BCUT2D eigenvalue weighted by Gasteiger charge is -2.15. The SMILES string of the molecule is Cc1cccc(-c2[nH]c(N(C)c3ccc(C#N)cc3)nc2-c2ccc3nccnc3c2)n1. The zero-order valence-corrected chi connectivity index (χ0v) is 17.6. The van der Waals surface area contributed by atoms with E-state index in [0.717, 1.165) is 45.1 Å². The number of nitrogens with zero attached hydrogens (tertiary/aromatic N) is 6. The molecule has 0 unspecified atom stereocenters. The van der Waals surface area contributed by atoms with Crippen LogP contribution < -0.4 is 4.90 Å². The van der Waals surface area contributed by atoms with Crippen molar-refractivity contribution in [2.45, 2.75) is 6.92 Å². The number of aromatic amines is 1. The molecular weight excluding hydrogens is 398 g/mol. The van der Waals surface area contributed by atoms with Gasteiger partial charge in [-0.3, -0.25) is 15.0 Å². The van der Waals surface area contributed by atoms with E-state index < -0.39 is 0 Å². The van der Waals surface area contributed by atoms with Gasteiger partial charge in [-0.15, -0.1) is 0 Å². The van der Waals surface area contributed by atoms with Crippen molar-refractivity contribution in [3.8, 4) is 28.7 Å². The Morgan fingerprint density at radius 1 is 0.906 bits per heavy atom. The molecule has 32 heavy (non-hydrogen) atoms. The van der Waals surface area contributed by atoms with Crippen LogP contribution in [0.4, 0.5) is 11.6 Å². The summed E-state index contributed by atoms with van der Waals surface area (Å²) in [6, 6.07) is 21.4. The third-order valence-corrected chi connectivity index (χ3v) is 5.28. The maximum atomic E-state index is 9.07. The molecule has 0 fully saturated rings. The maximum absolute atomic E-state index is 9.07. The smallest absolute Gasteiger partial charge is 0.208 e. The van der Waals surface area contributed by atoms with Gasteiger partial charge in [0.1, 0.15) is 5.69 Å². The summed E-state index contributed by atoms with van der Waals surface area (Å²) in [4.78, 5) is 23.8. The molecule has 7 heteroatoms. The second-order valence-electron chi connectivity index (χ2n) is 7.43. The van der Waals surface area contributed by atoms with Crippen LogP contribution in [0.5, 0.6) is 0 Å². The van der Waals surface area contributed by atoms with Crippen molar-refractivity contribution in [1.82, 2.24) is 24.9 Å². The fourth-order valence-electron chi connectivity index (χ4n) is 3.59. The van der Waals surface area contributed by atoms with Gasteiger partial charge in [0.15, 0.2) is 0 Å². The first-order valence-electron chi connectivity index (χ1n) is 10.1. The van der Waals surface area contributed by atoms with Gasteiger partial charge in [-0.2, -0.15) is 5.26 Å². The Morgan fingerprint density at radius 3 is 2.44 bits per heavy atom. The summed E-state index contributed by atoms with van der Waals surface area (Å²) in [7, 11) is 1.93. The summed E-state index contributed by atoms with van der Waals surface area (Å²) in [5.74, 6) is 0.669. The largest absolute Gasteiger partial charge is 0.322 e. The number of anilines is 2. The number of benzene rings is 2. The fourth-order valence-corrected chi connectivity index (χ4v) is 3.59. The molecule has 0 saturated carbocycles. The monoisotopic (exact) mass is 417 g/mol. The maximum Gasteiger partial charge on any atom is 0.208 e. The number of hydrogen-bond donors (Lipinski definition) is 1. The van der Waals surface area contributed by atoms with E-state index in [1.165, 1.54) is 0 Å². The molecule has 154 valence electrons. The molecule has 5 rings (SSSR count). The Balaban J connectivity index is 1.65. The van der Waals surface area contributed by atoms with E-state index in [9.17, 15) is 0 Å². The van der Waals surface area contributed by atoms with Crippen molar-refractivity contribution in [1.29, 1.82) is 5.26 Å². The minimum atomic E-state index is 0.615. The number of aromatic nitrogens is 5. The van der Waals surface area contributed by atoms with Crippen LogP contribution in [0.1, 0.15) is 11.3 Å². The molecule has 0 radical (unpaired) electrons. The summed E-state index contributed by atoms with van der Waals surface area (Å²) in [5, 5.41) is 9.07. The molecular formula is C25H19N7. The molecule has 0 saturated heterocycles. The van der Waals surface area contributed by atoms with Crippen molar-refractivity contribution in [3.05, 3.63) is 84.3 Å². The van der Waals surface area contributed by atoms with Gasteiger partial charge in [-0.25, -0.2) is 4.98 Å². The molecule has 0 aliphatic heterocycles. The van der Waals surface area contributed by atoms with E-state index >= 15 is 0 Å². The van der Waals surface area contributed by atoms with Crippen molar-refractivity contribution in [2.75, 3.05) is 11.9 Å². The van der Waals surface area contributed by atoms with Crippen LogP contribution in [-0.2, 0) is 0 Å². The van der Waals surface area contributed by atoms with Gasteiger partial charge >= 0.3 is 0 Å². The van der Waals surface area contributed by atoms with E-state index in [1.54, 1.807) is 24.5 Å². The van der Waals surface area contributed by atoms with E-state index in [-0.39, 0.29) is 0 Å². The van der Waals surface area contributed by atoms with Gasteiger partial charge in [0.2, 0.25) is 5.95 Å². The normalized spacial score (nSPS) is 10.8. The highest BCUT2D eigenvalue weighted by Crippen LogP contribution is 2.34. The van der Waals surface area contributed by atoms with E-state index in [4.69, 9.17) is 15.2 Å². The molecule has 0 amide bonds. The van der Waals surface area contributed by atoms with Crippen LogP contribution in [0.15, 0.2) is 73.1 Å². The van der Waals surface area contributed by atoms with Crippen molar-refractivity contribution in [2.24, 2.45) is 0 Å². The number of nitriles is 1. The summed E-state index contributed by atoms with van der Waals surface area (Å²) in [5.41, 5.74) is 7.43. The molecule has 7 nitrogen and oxygen atoms in total. The predicted octanol–water partition coefficient (Wildman–Crippen LogP) is 5.03. The average molecular weight is 417 g/mol. The standard InChI is InChI=1S/C25H19N7/c1-16-4-3-5-21(29-16)24-23(18-8-11-20-22(14-18)28-13-12-27-20)30-25(31-24)32(2)19-9-6-17(15-26)7-10-19/h3-14H,1-2H3,(H,30,31). The Morgan fingerprint density at radius 2 is 1.69 bits per heavy atom. The van der Waals surface area contributed by atoms with Crippen molar-refractivity contribution >= 4 is 22.7 Å². The fraction of sp³-hybridized carbons (Fsp3) is 0.0800. The quantitative estimate of drug-likeness (QED) is 0.441. The topological polar surface area (TPSA) is 94.4 Å². The Kier molecular flexibility index (Phi) is 4.81. The van der Waals surface area contributed by atoms with E-state index in [0.29, 0.717) is 11.5 Å². The lowest BCUT2D eigenvalue weighted by atomic mass is 10.1. The number of rotatable bonds is 4. The van der Waals surface area contributed by atoms with Gasteiger partial charge in [-0.05, 0) is 55.5 Å². The first kappa shape index (κ1) is 19.4. The van der Waals surface area contributed by atoms with Crippen LogP contribution in [-0.4, -0.2) is 32.0 Å². The lowest BCUT2D eigenvalue weighted by molar-refractivity contribution is 1.09. The summed E-state index contributed by atoms with van der Waals surface area (Å²) < 4.78 is 0. The van der Waals surface area contributed by atoms with E-state index in [2.05, 4.69) is 21.0 Å². The second kappa shape index (κ2) is 7.93. The second-order valence-corrected chi connectivity index (χ2v) is 7.43. The van der Waals surface area contributed by atoms with Crippen molar-refractivity contribution < 1.29 is 0 Å². The highest BCUT2D eigenvalue weighted by Gasteiger charge is 2.19. The number of nitrogens with one attached hydrogen (secondary N) is 1. The number of H-pyrrole nitrogens is 1. The molecule has 0 atom stereocenters.